The Morgan fingerprint density at radius 3 is 2.81 bits per heavy atom. The van der Waals surface area contributed by atoms with Gasteiger partial charge in [-0.15, -0.1) is 0 Å². The summed E-state index contributed by atoms with van der Waals surface area (Å²) in [6.07, 6.45) is 1.25. The van der Waals surface area contributed by atoms with E-state index >= 15 is 0 Å². The van der Waals surface area contributed by atoms with Crippen molar-refractivity contribution in [1.29, 1.82) is 0 Å². The second kappa shape index (κ2) is 6.61. The fraction of sp³-hybridized carbons (Fsp3) is 0.364. The molecule has 0 aliphatic rings. The van der Waals surface area contributed by atoms with E-state index < -0.39 is 0 Å². The maximum absolute atomic E-state index is 11.0. The van der Waals surface area contributed by atoms with Crippen molar-refractivity contribution in [2.24, 2.45) is 0 Å². The van der Waals surface area contributed by atoms with E-state index in [0.29, 0.717) is 23.0 Å². The molecule has 3 nitrogen and oxygen atoms in total. The second-order valence-electron chi connectivity index (χ2n) is 3.33. The van der Waals surface area contributed by atoms with Gasteiger partial charge in [0.2, 0.25) is 5.91 Å². The van der Waals surface area contributed by atoms with Gasteiger partial charge in [0.15, 0.2) is 0 Å². The molecular weight excluding hydrogens is 247 g/mol. The molecule has 0 aliphatic heterocycles. The Kier molecular flexibility index (Phi) is 5.43. The van der Waals surface area contributed by atoms with Crippen LogP contribution in [-0.2, 0) is 4.79 Å². The summed E-state index contributed by atoms with van der Waals surface area (Å²) in [5, 5.41) is 6.97. The third kappa shape index (κ3) is 4.29. The maximum Gasteiger partial charge on any atom is 0.219 e. The lowest BCUT2D eigenvalue weighted by molar-refractivity contribution is -0.120. The molecule has 0 radical (unpaired) electrons. The van der Waals surface area contributed by atoms with Crippen LogP contribution in [0.3, 0.4) is 0 Å². The maximum atomic E-state index is 11.0. The van der Waals surface area contributed by atoms with Crippen molar-refractivity contribution < 1.29 is 4.79 Å². The Morgan fingerprint density at radius 2 is 2.12 bits per heavy atom. The lowest BCUT2D eigenvalue weighted by Gasteiger charge is -2.08. The van der Waals surface area contributed by atoms with Gasteiger partial charge in [0.25, 0.3) is 0 Å². The highest BCUT2D eigenvalue weighted by Crippen LogP contribution is 2.25. The van der Waals surface area contributed by atoms with Crippen LogP contribution >= 0.6 is 23.2 Å². The molecule has 0 heterocycles. The van der Waals surface area contributed by atoms with Gasteiger partial charge in [0.05, 0.1) is 10.7 Å². The molecule has 0 saturated heterocycles. The number of halogens is 2. The molecule has 16 heavy (non-hydrogen) atoms. The molecule has 5 heteroatoms. The Labute approximate surface area is 105 Å². The number of carbonyl (C=O) groups is 1. The van der Waals surface area contributed by atoms with Gasteiger partial charge in [0.1, 0.15) is 0 Å². The Hall–Kier alpha value is -0.930. The van der Waals surface area contributed by atoms with E-state index in [2.05, 4.69) is 10.6 Å². The molecule has 1 aromatic carbocycles. The van der Waals surface area contributed by atoms with Crippen molar-refractivity contribution in [1.82, 2.24) is 5.32 Å². The smallest absolute Gasteiger partial charge is 0.219 e. The number of hydrogen-bond donors (Lipinski definition) is 2. The van der Waals surface area contributed by atoms with Gasteiger partial charge in [-0.05, 0) is 24.6 Å². The van der Waals surface area contributed by atoms with Crippen molar-refractivity contribution in [3.63, 3.8) is 0 Å². The van der Waals surface area contributed by atoms with E-state index in [-0.39, 0.29) is 5.91 Å². The molecule has 0 aliphatic carbocycles. The minimum absolute atomic E-state index is 0.0407. The second-order valence-corrected chi connectivity index (χ2v) is 4.17. The number of nitrogens with one attached hydrogen (secondary N) is 2. The van der Waals surface area contributed by atoms with E-state index in [4.69, 9.17) is 23.2 Å². The predicted octanol–water partition coefficient (Wildman–Crippen LogP) is 2.93. The molecule has 88 valence electrons. The van der Waals surface area contributed by atoms with E-state index in [1.807, 2.05) is 0 Å². The first-order valence-corrected chi connectivity index (χ1v) is 5.78. The number of carbonyl (C=O) groups excluding carboxylic acids is 1. The van der Waals surface area contributed by atoms with Gasteiger partial charge in [-0.3, -0.25) is 4.79 Å². The lowest BCUT2D eigenvalue weighted by atomic mass is 10.2. The molecule has 1 rings (SSSR count). The summed E-state index contributed by atoms with van der Waals surface area (Å²) >= 11 is 11.8. The van der Waals surface area contributed by atoms with Crippen molar-refractivity contribution >= 4 is 34.8 Å². The lowest BCUT2D eigenvalue weighted by Crippen LogP contribution is -2.18. The standard InChI is InChI=1S/C11H14Cl2N2O/c1-14-11(16)3-2-6-15-10-7-8(12)4-5-9(10)13/h4-5,7,15H,2-3,6H2,1H3,(H,14,16). The summed E-state index contributed by atoms with van der Waals surface area (Å²) in [5.74, 6) is 0.0407. The van der Waals surface area contributed by atoms with E-state index in [9.17, 15) is 4.79 Å². The normalized spacial score (nSPS) is 9.94. The highest BCUT2D eigenvalue weighted by atomic mass is 35.5. The summed E-state index contributed by atoms with van der Waals surface area (Å²) in [7, 11) is 1.63. The van der Waals surface area contributed by atoms with Crippen LogP contribution in [0, 0.1) is 0 Å². The third-order valence-electron chi connectivity index (χ3n) is 2.10. The zero-order valence-electron chi connectivity index (χ0n) is 9.02. The summed E-state index contributed by atoms with van der Waals surface area (Å²) in [6, 6.07) is 5.24. The molecule has 2 N–H and O–H groups in total. The molecule has 0 saturated carbocycles. The first-order chi connectivity index (χ1) is 7.63. The minimum Gasteiger partial charge on any atom is -0.384 e. The summed E-state index contributed by atoms with van der Waals surface area (Å²) < 4.78 is 0. The van der Waals surface area contributed by atoms with Gasteiger partial charge in [-0.2, -0.15) is 0 Å². The molecule has 1 amide bonds. The van der Waals surface area contributed by atoms with Gasteiger partial charge in [-0.25, -0.2) is 0 Å². The summed E-state index contributed by atoms with van der Waals surface area (Å²) in [6.45, 7) is 0.688. The zero-order chi connectivity index (χ0) is 12.0. The van der Waals surface area contributed by atoms with Crippen LogP contribution in [0.2, 0.25) is 10.0 Å². The van der Waals surface area contributed by atoms with Crippen molar-refractivity contribution in [2.75, 3.05) is 18.9 Å². The first kappa shape index (κ1) is 13.1. The quantitative estimate of drug-likeness (QED) is 0.800. The van der Waals surface area contributed by atoms with Crippen molar-refractivity contribution in [3.05, 3.63) is 28.2 Å². The largest absolute Gasteiger partial charge is 0.384 e. The highest BCUT2D eigenvalue weighted by Gasteiger charge is 2.01. The van der Waals surface area contributed by atoms with Crippen LogP contribution < -0.4 is 10.6 Å². The van der Waals surface area contributed by atoms with Gasteiger partial charge in [0, 0.05) is 25.0 Å². The van der Waals surface area contributed by atoms with Crippen LogP contribution in [0.4, 0.5) is 5.69 Å². The average molecular weight is 261 g/mol. The Morgan fingerprint density at radius 1 is 1.38 bits per heavy atom. The Balaban J connectivity index is 2.37. The van der Waals surface area contributed by atoms with Crippen LogP contribution in [0.5, 0.6) is 0 Å². The van der Waals surface area contributed by atoms with Crippen LogP contribution in [0.15, 0.2) is 18.2 Å². The fourth-order valence-corrected chi connectivity index (χ4v) is 1.59. The number of hydrogen-bond acceptors (Lipinski definition) is 2. The van der Waals surface area contributed by atoms with E-state index in [1.165, 1.54) is 0 Å². The number of rotatable bonds is 5. The van der Waals surface area contributed by atoms with Crippen LogP contribution in [-0.4, -0.2) is 19.5 Å². The molecule has 0 spiro atoms. The molecular formula is C11H14Cl2N2O. The van der Waals surface area contributed by atoms with Crippen LogP contribution in [0.1, 0.15) is 12.8 Å². The molecule has 0 unspecified atom stereocenters. The molecule has 0 bridgehead atoms. The number of benzene rings is 1. The van der Waals surface area contributed by atoms with Crippen LogP contribution in [0.25, 0.3) is 0 Å². The average Bonchev–Trinajstić information content (AvgIpc) is 2.28. The van der Waals surface area contributed by atoms with E-state index in [1.54, 1.807) is 25.2 Å². The first-order valence-electron chi connectivity index (χ1n) is 5.03. The number of amides is 1. The number of anilines is 1. The molecule has 0 fully saturated rings. The SMILES string of the molecule is CNC(=O)CCCNc1cc(Cl)ccc1Cl. The van der Waals surface area contributed by atoms with Crippen molar-refractivity contribution in [3.8, 4) is 0 Å². The minimum atomic E-state index is 0.0407. The van der Waals surface area contributed by atoms with Gasteiger partial charge >= 0.3 is 0 Å². The highest BCUT2D eigenvalue weighted by molar-refractivity contribution is 6.35. The van der Waals surface area contributed by atoms with Gasteiger partial charge in [-0.1, -0.05) is 23.2 Å². The van der Waals surface area contributed by atoms with Crippen molar-refractivity contribution in [2.45, 2.75) is 12.8 Å². The van der Waals surface area contributed by atoms with E-state index in [0.717, 1.165) is 12.1 Å². The summed E-state index contributed by atoms with van der Waals surface area (Å²) in [4.78, 5) is 11.0. The molecule has 0 aromatic heterocycles. The zero-order valence-corrected chi connectivity index (χ0v) is 10.5. The topological polar surface area (TPSA) is 41.1 Å². The van der Waals surface area contributed by atoms with Gasteiger partial charge < -0.3 is 10.6 Å². The molecule has 0 atom stereocenters. The summed E-state index contributed by atoms with van der Waals surface area (Å²) in [5.41, 5.74) is 0.797. The fourth-order valence-electron chi connectivity index (χ4n) is 1.23. The Bertz CT molecular complexity index is 369. The molecule has 1 aromatic rings. The predicted molar refractivity (Wildman–Crippen MR) is 68.3 cm³/mol. The third-order valence-corrected chi connectivity index (χ3v) is 2.67. The monoisotopic (exact) mass is 260 g/mol.